The van der Waals surface area contributed by atoms with Crippen LogP contribution in [0, 0.1) is 5.82 Å². The first-order chi connectivity index (χ1) is 17.8. The maximum Gasteiger partial charge on any atom is 0.412 e. The van der Waals surface area contributed by atoms with E-state index in [1.807, 2.05) is 0 Å². The Morgan fingerprint density at radius 3 is 2.58 bits per heavy atom. The third-order valence-corrected chi connectivity index (χ3v) is 7.33. The van der Waals surface area contributed by atoms with Crippen LogP contribution in [0.4, 0.5) is 14.9 Å². The monoisotopic (exact) mass is 524 g/mol. The Labute approximate surface area is 217 Å². The molecule has 0 aliphatic carbocycles. The maximum atomic E-state index is 15.4. The van der Waals surface area contributed by atoms with Gasteiger partial charge in [0.1, 0.15) is 12.4 Å². The number of aromatic nitrogens is 2. The van der Waals surface area contributed by atoms with Crippen molar-refractivity contribution in [3.8, 4) is 11.4 Å². The van der Waals surface area contributed by atoms with Crippen LogP contribution in [0.25, 0.3) is 22.3 Å². The zero-order chi connectivity index (χ0) is 27.7. The van der Waals surface area contributed by atoms with E-state index >= 15 is 4.39 Å². The second-order valence-electron chi connectivity index (χ2n) is 10.7. The van der Waals surface area contributed by atoms with Crippen LogP contribution < -0.4 is 15.8 Å². The highest BCUT2D eigenvalue weighted by atomic mass is 19.1. The molecule has 2 aliphatic rings. The molecule has 0 saturated carbocycles. The molecule has 0 bridgehead atoms. The average molecular weight is 525 g/mol. The summed E-state index contributed by atoms with van der Waals surface area (Å²) in [6.07, 6.45) is -1.27. The van der Waals surface area contributed by atoms with Gasteiger partial charge in [-0.1, -0.05) is 6.92 Å². The summed E-state index contributed by atoms with van der Waals surface area (Å²) in [7, 11) is 1.75. The second-order valence-corrected chi connectivity index (χ2v) is 10.7. The number of esters is 1. The number of carbonyl (C=O) groups excluding carboxylic acids is 1. The number of hydrogen-bond acceptors (Lipinski definition) is 7. The fraction of sp³-hybridized carbons (Fsp3) is 0.407. The number of nitrogens with one attached hydrogen (secondary N) is 1. The van der Waals surface area contributed by atoms with Crippen LogP contribution >= 0.6 is 0 Å². The topological polar surface area (TPSA) is 134 Å². The average Bonchev–Trinajstić information content (AvgIpc) is 3.20. The molecule has 1 atom stereocenters. The fourth-order valence-corrected chi connectivity index (χ4v) is 5.47. The van der Waals surface area contributed by atoms with Crippen LogP contribution in [-0.2, 0) is 34.8 Å². The molecule has 0 radical (unpaired) electrons. The Morgan fingerprint density at radius 2 is 1.97 bits per heavy atom. The molecule has 0 saturated heterocycles. The summed E-state index contributed by atoms with van der Waals surface area (Å²) in [5.41, 5.74) is -0.347. The number of fused-ring (bicyclic) bond motifs is 5. The first-order valence-corrected chi connectivity index (χ1v) is 12.3. The number of pyridine rings is 2. The Bertz CT molecular complexity index is 1590. The number of cyclic esters (lactones) is 1. The van der Waals surface area contributed by atoms with Crippen LogP contribution in [0.1, 0.15) is 56.4 Å². The van der Waals surface area contributed by atoms with Gasteiger partial charge in [0.2, 0.25) is 0 Å². The van der Waals surface area contributed by atoms with Gasteiger partial charge in [-0.2, -0.15) is 0 Å². The minimum atomic E-state index is -1.95. The maximum absolute atomic E-state index is 15.4. The van der Waals surface area contributed by atoms with Crippen molar-refractivity contribution in [2.75, 3.05) is 11.9 Å². The van der Waals surface area contributed by atoms with Crippen molar-refractivity contribution in [1.82, 2.24) is 14.9 Å². The quantitative estimate of drug-likeness (QED) is 0.347. The molecule has 0 fully saturated rings. The lowest BCUT2D eigenvalue weighted by molar-refractivity contribution is -0.172. The Kier molecular flexibility index (Phi) is 5.84. The Morgan fingerprint density at radius 1 is 1.26 bits per heavy atom. The van der Waals surface area contributed by atoms with Gasteiger partial charge in [-0.3, -0.25) is 9.69 Å². The Hall–Kier alpha value is -3.83. The van der Waals surface area contributed by atoms with Gasteiger partial charge in [-0.15, -0.1) is 0 Å². The number of carboxylic acid groups (broad SMARTS) is 1. The molecule has 11 heteroatoms. The summed E-state index contributed by atoms with van der Waals surface area (Å²) in [6, 6.07) is 4.29. The van der Waals surface area contributed by atoms with E-state index in [2.05, 4.69) is 5.32 Å². The van der Waals surface area contributed by atoms with Gasteiger partial charge >= 0.3 is 12.1 Å². The van der Waals surface area contributed by atoms with Gasteiger partial charge in [0, 0.05) is 34.7 Å². The smallest absolute Gasteiger partial charge is 0.412 e. The number of amides is 1. The zero-order valence-corrected chi connectivity index (χ0v) is 21.8. The molecule has 3 aromatic rings. The number of halogens is 1. The first kappa shape index (κ1) is 25.8. The molecule has 4 heterocycles. The van der Waals surface area contributed by atoms with Crippen molar-refractivity contribution in [2.45, 2.75) is 65.0 Å². The molecule has 1 aromatic carbocycles. The van der Waals surface area contributed by atoms with Gasteiger partial charge in [-0.05, 0) is 51.9 Å². The lowest BCUT2D eigenvalue weighted by atomic mass is 9.86. The number of benzene rings is 1. The molecule has 2 aromatic heterocycles. The van der Waals surface area contributed by atoms with Gasteiger partial charge in [0.05, 0.1) is 34.7 Å². The molecule has 200 valence electrons. The van der Waals surface area contributed by atoms with Crippen molar-refractivity contribution < 1.29 is 28.9 Å². The summed E-state index contributed by atoms with van der Waals surface area (Å²) in [4.78, 5) is 43.7. The van der Waals surface area contributed by atoms with E-state index in [0.717, 1.165) is 10.5 Å². The van der Waals surface area contributed by atoms with Crippen LogP contribution in [0.3, 0.4) is 0 Å². The second kappa shape index (κ2) is 8.60. The highest BCUT2D eigenvalue weighted by Gasteiger charge is 2.45. The van der Waals surface area contributed by atoms with Gasteiger partial charge in [0.25, 0.3) is 5.56 Å². The summed E-state index contributed by atoms with van der Waals surface area (Å²) >= 11 is 0. The zero-order valence-electron chi connectivity index (χ0n) is 21.8. The highest BCUT2D eigenvalue weighted by Crippen LogP contribution is 2.41. The fourth-order valence-electron chi connectivity index (χ4n) is 5.47. The van der Waals surface area contributed by atoms with E-state index in [1.54, 1.807) is 40.8 Å². The molecule has 2 aliphatic heterocycles. The lowest BCUT2D eigenvalue weighted by Crippen LogP contribution is -2.45. The molecule has 38 heavy (non-hydrogen) atoms. The van der Waals surface area contributed by atoms with Crippen molar-refractivity contribution in [2.24, 2.45) is 0 Å². The SMILES string of the molecule is CC[C@@]1(O)C(=O)OCc2c1cc1n(c2=O)Cc2c-1nc1cc(F)c(N(C(=O)O)C(C)(C)C)cc1c2CNC. The van der Waals surface area contributed by atoms with Crippen LogP contribution in [-0.4, -0.2) is 44.4 Å². The Balaban J connectivity index is 1.79. The van der Waals surface area contributed by atoms with E-state index in [1.165, 1.54) is 16.7 Å². The third kappa shape index (κ3) is 3.60. The van der Waals surface area contributed by atoms with Crippen molar-refractivity contribution in [3.05, 3.63) is 56.6 Å². The van der Waals surface area contributed by atoms with E-state index in [0.29, 0.717) is 34.4 Å². The molecule has 0 spiro atoms. The van der Waals surface area contributed by atoms with E-state index in [4.69, 9.17) is 9.72 Å². The molecule has 3 N–H and O–H groups in total. The molecule has 5 rings (SSSR count). The standard InChI is InChI=1S/C27H29FN4O6/c1-6-27(37)17-8-21-22-15(11-31(21)23(33)16(17)12-38-24(27)34)14(10-29-5)13-7-20(18(28)9-19(13)30-22)32(25(35)36)26(2,3)4/h7-9,29,37H,6,10-12H2,1-5H3,(H,35,36)/t27-/m0/s1. The van der Waals surface area contributed by atoms with E-state index in [9.17, 15) is 24.6 Å². The number of nitrogens with zero attached hydrogens (tertiary/aromatic N) is 3. The number of anilines is 1. The predicted molar refractivity (Wildman–Crippen MR) is 138 cm³/mol. The summed E-state index contributed by atoms with van der Waals surface area (Å²) in [5.74, 6) is -1.56. The highest BCUT2D eigenvalue weighted by molar-refractivity contribution is 5.95. The van der Waals surface area contributed by atoms with E-state index in [-0.39, 0.29) is 36.4 Å². The normalized spacial score (nSPS) is 18.1. The molecule has 10 nitrogen and oxygen atoms in total. The van der Waals surface area contributed by atoms with Gasteiger partial charge in [0.15, 0.2) is 5.60 Å². The molecular formula is C27H29FN4O6. The number of aliphatic hydroxyl groups is 1. The van der Waals surface area contributed by atoms with Gasteiger partial charge < -0.3 is 24.8 Å². The van der Waals surface area contributed by atoms with Crippen LogP contribution in [0.5, 0.6) is 0 Å². The van der Waals surface area contributed by atoms with Crippen molar-refractivity contribution >= 4 is 28.7 Å². The number of carbonyl (C=O) groups is 2. The first-order valence-electron chi connectivity index (χ1n) is 12.3. The third-order valence-electron chi connectivity index (χ3n) is 7.33. The molecular weight excluding hydrogens is 495 g/mol. The van der Waals surface area contributed by atoms with Crippen LogP contribution in [0.2, 0.25) is 0 Å². The minimum absolute atomic E-state index is 0.0204. The summed E-state index contributed by atoms with van der Waals surface area (Å²) in [6.45, 7) is 6.94. The van der Waals surface area contributed by atoms with Gasteiger partial charge in [-0.25, -0.2) is 19.0 Å². The minimum Gasteiger partial charge on any atom is -0.465 e. The molecule has 1 amide bonds. The van der Waals surface area contributed by atoms with Crippen molar-refractivity contribution in [1.29, 1.82) is 0 Å². The van der Waals surface area contributed by atoms with E-state index < -0.39 is 34.6 Å². The largest absolute Gasteiger partial charge is 0.465 e. The number of ether oxygens (including phenoxy) is 1. The van der Waals surface area contributed by atoms with Crippen LogP contribution in [0.15, 0.2) is 23.0 Å². The lowest BCUT2D eigenvalue weighted by Gasteiger charge is -2.33. The molecule has 0 unspecified atom stereocenters. The summed E-state index contributed by atoms with van der Waals surface area (Å²) < 4.78 is 22.0. The number of rotatable bonds is 4. The van der Waals surface area contributed by atoms with Crippen molar-refractivity contribution in [3.63, 3.8) is 0 Å². The summed E-state index contributed by atoms with van der Waals surface area (Å²) in [5, 5.41) is 24.6. The predicted octanol–water partition coefficient (Wildman–Crippen LogP) is 3.22. The number of hydrogen-bond donors (Lipinski definition) is 3.